The van der Waals surface area contributed by atoms with Gasteiger partial charge in [0.15, 0.2) is 11.5 Å². The standard InChI is InChI=1S/C28H35N3O6.C19H17NO5/c1-28(2,3)36-27(33)30-17-7-6-16-29-24(32)18-23-25(19-8-12-21(34-4)13-9-19)26(31-37-23)20-10-14-22(35-5)15-11-20;1-23-14-7-3-12(4-8-14)18-16(11-17(21)22)25-20-19(18)13-5-9-15(24-2)10-6-13/h8-15H,6-7,16-18H2,1-5H3,(H,29,32)(H,30,33);3-10H,11H2,1-2H3,(H,21,22). The average molecular weight is 849 g/mol. The Morgan fingerprint density at radius 1 is 0.548 bits per heavy atom. The van der Waals surface area contributed by atoms with Gasteiger partial charge in [-0.25, -0.2) is 4.79 Å². The van der Waals surface area contributed by atoms with Crippen LogP contribution in [0.4, 0.5) is 4.79 Å². The van der Waals surface area contributed by atoms with Crippen molar-refractivity contribution in [1.29, 1.82) is 0 Å². The molecule has 4 aromatic carbocycles. The maximum absolute atomic E-state index is 12.7. The van der Waals surface area contributed by atoms with Crippen molar-refractivity contribution in [3.63, 3.8) is 0 Å². The van der Waals surface area contributed by atoms with Crippen molar-refractivity contribution in [2.75, 3.05) is 41.5 Å². The van der Waals surface area contributed by atoms with Gasteiger partial charge in [0, 0.05) is 24.2 Å². The predicted octanol–water partition coefficient (Wildman–Crippen LogP) is 8.64. The Kier molecular flexibility index (Phi) is 16.1. The summed E-state index contributed by atoms with van der Waals surface area (Å²) >= 11 is 0. The lowest BCUT2D eigenvalue weighted by molar-refractivity contribution is -0.136. The summed E-state index contributed by atoms with van der Waals surface area (Å²) in [4.78, 5) is 35.5. The van der Waals surface area contributed by atoms with E-state index in [4.69, 9.17) is 37.8 Å². The molecular weight excluding hydrogens is 797 g/mol. The Balaban J connectivity index is 0.000000252. The maximum Gasteiger partial charge on any atom is 0.407 e. The zero-order valence-electron chi connectivity index (χ0n) is 35.9. The number of rotatable bonds is 17. The zero-order valence-corrected chi connectivity index (χ0v) is 35.9. The van der Waals surface area contributed by atoms with Crippen LogP contribution < -0.4 is 29.6 Å². The third-order valence-electron chi connectivity index (χ3n) is 9.24. The summed E-state index contributed by atoms with van der Waals surface area (Å²) in [7, 11) is 6.41. The number of nitrogens with zero attached hydrogens (tertiary/aromatic N) is 2. The fraction of sp³-hybridized carbons (Fsp3) is 0.298. The van der Waals surface area contributed by atoms with E-state index in [1.54, 1.807) is 28.4 Å². The van der Waals surface area contributed by atoms with Gasteiger partial charge in [0.25, 0.3) is 0 Å². The van der Waals surface area contributed by atoms with Crippen LogP contribution in [0.5, 0.6) is 23.0 Å². The minimum Gasteiger partial charge on any atom is -0.497 e. The number of hydrogen-bond donors (Lipinski definition) is 3. The SMILES string of the molecule is COc1ccc(-c2noc(CC(=O)NCCCCNC(=O)OC(C)(C)C)c2-c2ccc(OC)cc2)cc1.COc1ccc(-c2noc(CC(=O)O)c2-c2ccc(OC)cc2)cc1. The molecule has 0 fully saturated rings. The number of alkyl carbamates (subject to hydrolysis) is 1. The van der Waals surface area contributed by atoms with E-state index in [0.29, 0.717) is 60.2 Å². The first-order valence-electron chi connectivity index (χ1n) is 19.8. The molecule has 0 saturated heterocycles. The van der Waals surface area contributed by atoms with Crippen LogP contribution in [0.1, 0.15) is 45.1 Å². The first-order chi connectivity index (χ1) is 29.8. The van der Waals surface area contributed by atoms with E-state index in [1.165, 1.54) is 0 Å². The van der Waals surface area contributed by atoms with Crippen LogP contribution in [0.15, 0.2) is 106 Å². The highest BCUT2D eigenvalue weighted by atomic mass is 16.6. The van der Waals surface area contributed by atoms with Gasteiger partial charge in [-0.1, -0.05) is 34.6 Å². The molecule has 3 N–H and O–H groups in total. The van der Waals surface area contributed by atoms with Crippen LogP contribution >= 0.6 is 0 Å². The molecule has 0 atom stereocenters. The Morgan fingerprint density at radius 2 is 0.903 bits per heavy atom. The average Bonchev–Trinajstić information content (AvgIpc) is 3.88. The van der Waals surface area contributed by atoms with Gasteiger partial charge in [0.1, 0.15) is 46.4 Å². The number of unbranched alkanes of at least 4 members (excludes halogenated alkanes) is 1. The molecule has 0 radical (unpaired) electrons. The smallest absolute Gasteiger partial charge is 0.407 e. The monoisotopic (exact) mass is 848 g/mol. The second-order valence-electron chi connectivity index (χ2n) is 14.8. The number of carboxylic acids is 1. The van der Waals surface area contributed by atoms with Gasteiger partial charge in [-0.15, -0.1) is 0 Å². The molecule has 0 saturated carbocycles. The van der Waals surface area contributed by atoms with Crippen LogP contribution in [0.25, 0.3) is 44.8 Å². The number of carboxylic acid groups (broad SMARTS) is 1. The Morgan fingerprint density at radius 3 is 1.26 bits per heavy atom. The van der Waals surface area contributed by atoms with Gasteiger partial charge in [0.05, 0.1) is 46.0 Å². The second-order valence-corrected chi connectivity index (χ2v) is 14.8. The highest BCUT2D eigenvalue weighted by Crippen LogP contribution is 2.38. The molecule has 326 valence electrons. The molecule has 0 spiro atoms. The summed E-state index contributed by atoms with van der Waals surface area (Å²) < 4.78 is 37.1. The number of benzene rings is 4. The number of hydrogen-bond acceptors (Lipinski definition) is 12. The van der Waals surface area contributed by atoms with Crippen LogP contribution in [0.3, 0.4) is 0 Å². The van der Waals surface area contributed by atoms with Crippen molar-refractivity contribution < 1.29 is 52.2 Å². The number of aliphatic carboxylic acids is 1. The van der Waals surface area contributed by atoms with Gasteiger partial charge >= 0.3 is 12.1 Å². The summed E-state index contributed by atoms with van der Waals surface area (Å²) in [5.74, 6) is 2.53. The normalized spacial score (nSPS) is 10.8. The largest absolute Gasteiger partial charge is 0.497 e. The van der Waals surface area contributed by atoms with Gasteiger partial charge in [-0.05, 0) is 118 Å². The number of carbonyl (C=O) groups is 3. The molecule has 62 heavy (non-hydrogen) atoms. The number of carbonyl (C=O) groups excluding carboxylic acids is 2. The summed E-state index contributed by atoms with van der Waals surface area (Å²) in [5, 5.41) is 23.2. The van der Waals surface area contributed by atoms with Gasteiger partial charge in [-0.3, -0.25) is 9.59 Å². The minimum atomic E-state index is -0.979. The molecule has 15 nitrogen and oxygen atoms in total. The molecular formula is C47H52N4O11. The van der Waals surface area contributed by atoms with Crippen molar-refractivity contribution in [2.45, 2.75) is 52.1 Å². The summed E-state index contributed by atoms with van der Waals surface area (Å²) in [5.41, 5.74) is 5.45. The Labute approximate surface area is 360 Å². The molecule has 0 aliphatic carbocycles. The molecule has 0 aliphatic rings. The molecule has 15 heteroatoms. The van der Waals surface area contributed by atoms with Gasteiger partial charge < -0.3 is 48.5 Å². The fourth-order valence-electron chi connectivity index (χ4n) is 6.22. The third kappa shape index (κ3) is 12.9. The quantitative estimate of drug-likeness (QED) is 0.0739. The molecule has 0 unspecified atom stereocenters. The minimum absolute atomic E-state index is 0.0423. The van der Waals surface area contributed by atoms with Crippen LogP contribution in [0, 0.1) is 0 Å². The van der Waals surface area contributed by atoms with E-state index < -0.39 is 17.7 Å². The highest BCUT2D eigenvalue weighted by Gasteiger charge is 2.23. The predicted molar refractivity (Wildman–Crippen MR) is 232 cm³/mol. The van der Waals surface area contributed by atoms with Crippen molar-refractivity contribution in [3.8, 4) is 67.8 Å². The number of ether oxygens (including phenoxy) is 5. The van der Waals surface area contributed by atoms with E-state index in [9.17, 15) is 14.4 Å². The van der Waals surface area contributed by atoms with Crippen LogP contribution in [-0.2, 0) is 27.2 Å². The summed E-state index contributed by atoms with van der Waals surface area (Å²) in [6.45, 7) is 6.40. The van der Waals surface area contributed by atoms with Crippen molar-refractivity contribution in [3.05, 3.63) is 109 Å². The van der Waals surface area contributed by atoms with Gasteiger partial charge in [0.2, 0.25) is 5.91 Å². The lowest BCUT2D eigenvalue weighted by Gasteiger charge is -2.19. The number of amides is 2. The fourth-order valence-corrected chi connectivity index (χ4v) is 6.22. The molecule has 2 amide bonds. The highest BCUT2D eigenvalue weighted by molar-refractivity contribution is 5.87. The zero-order chi connectivity index (χ0) is 44.6. The van der Waals surface area contributed by atoms with E-state index in [0.717, 1.165) is 45.1 Å². The van der Waals surface area contributed by atoms with Crippen LogP contribution in [-0.4, -0.2) is 80.5 Å². The number of methoxy groups -OCH3 is 4. The van der Waals surface area contributed by atoms with Crippen molar-refractivity contribution >= 4 is 18.0 Å². The van der Waals surface area contributed by atoms with Crippen molar-refractivity contribution in [2.24, 2.45) is 0 Å². The second kappa shape index (κ2) is 21.8. The molecule has 6 aromatic rings. The molecule has 2 heterocycles. The number of nitrogens with one attached hydrogen (secondary N) is 2. The van der Waals surface area contributed by atoms with Crippen LogP contribution in [0.2, 0.25) is 0 Å². The lowest BCUT2D eigenvalue weighted by Crippen LogP contribution is -2.33. The van der Waals surface area contributed by atoms with E-state index in [1.807, 2.05) is 118 Å². The summed E-state index contributed by atoms with van der Waals surface area (Å²) in [6.07, 6.45) is 0.770. The first kappa shape index (κ1) is 45.8. The first-order valence-corrected chi connectivity index (χ1v) is 19.8. The van der Waals surface area contributed by atoms with E-state index in [2.05, 4.69) is 20.9 Å². The van der Waals surface area contributed by atoms with Gasteiger partial charge in [-0.2, -0.15) is 0 Å². The molecule has 0 bridgehead atoms. The molecule has 2 aromatic heterocycles. The molecule has 0 aliphatic heterocycles. The van der Waals surface area contributed by atoms with E-state index >= 15 is 0 Å². The Hall–Kier alpha value is -7.29. The Bertz CT molecular complexity index is 2360. The third-order valence-corrected chi connectivity index (χ3v) is 9.24. The maximum atomic E-state index is 12.7. The van der Waals surface area contributed by atoms with Crippen molar-refractivity contribution in [1.82, 2.24) is 20.9 Å². The lowest BCUT2D eigenvalue weighted by atomic mass is 9.98. The topological polar surface area (TPSA) is 194 Å². The molecule has 6 rings (SSSR count). The van der Waals surface area contributed by atoms with E-state index in [-0.39, 0.29) is 18.7 Å². The number of aromatic nitrogens is 2. The summed E-state index contributed by atoms with van der Waals surface area (Å²) in [6, 6.07) is 29.7.